The molecule has 1 atom stereocenters. The second-order valence-corrected chi connectivity index (χ2v) is 17.0. The molecule has 0 rings (SSSR count). The van der Waals surface area contributed by atoms with E-state index in [1.54, 1.807) is 0 Å². The van der Waals surface area contributed by atoms with Crippen LogP contribution < -0.4 is 0 Å². The molecule has 1 unspecified atom stereocenters. The van der Waals surface area contributed by atoms with E-state index >= 15 is 0 Å². The van der Waals surface area contributed by atoms with E-state index in [0.717, 1.165) is 89.9 Å². The fraction of sp³-hybridized carbons (Fsp3) is 0.796. The highest BCUT2D eigenvalue weighted by molar-refractivity contribution is 5.71. The molecular formula is C54H96O6. The van der Waals surface area contributed by atoms with Crippen molar-refractivity contribution in [1.29, 1.82) is 0 Å². The highest BCUT2D eigenvalue weighted by atomic mass is 16.6. The van der Waals surface area contributed by atoms with Crippen LogP contribution in [-0.2, 0) is 28.6 Å². The second-order valence-electron chi connectivity index (χ2n) is 17.0. The SMILES string of the molecule is CC/C=C\C/C=C\CCCCCCCCCC(=O)OC(COC(=O)CCCC/C=C\C/C=C\CC)COC(=O)CCCCCCCCCCCCCCCCCCCCC. The van der Waals surface area contributed by atoms with Crippen LogP contribution in [0.4, 0.5) is 0 Å². The molecule has 0 saturated carbocycles. The third-order valence-electron chi connectivity index (χ3n) is 11.1. The van der Waals surface area contributed by atoms with Gasteiger partial charge in [-0.1, -0.05) is 217 Å². The summed E-state index contributed by atoms with van der Waals surface area (Å²) < 4.78 is 16.7. The summed E-state index contributed by atoms with van der Waals surface area (Å²) in [5, 5.41) is 0. The number of esters is 3. The molecule has 0 bridgehead atoms. The molecule has 0 aromatic carbocycles. The van der Waals surface area contributed by atoms with Gasteiger partial charge in [0.2, 0.25) is 0 Å². The lowest BCUT2D eigenvalue weighted by Crippen LogP contribution is -2.30. The third-order valence-corrected chi connectivity index (χ3v) is 11.1. The van der Waals surface area contributed by atoms with Gasteiger partial charge in [0.05, 0.1) is 0 Å². The van der Waals surface area contributed by atoms with Crippen molar-refractivity contribution < 1.29 is 28.6 Å². The van der Waals surface area contributed by atoms with Crippen molar-refractivity contribution in [3.05, 3.63) is 48.6 Å². The molecule has 0 aliphatic carbocycles. The Morgan fingerprint density at radius 3 is 1.03 bits per heavy atom. The Kier molecular flexibility index (Phi) is 46.9. The molecule has 0 aliphatic rings. The lowest BCUT2D eigenvalue weighted by molar-refractivity contribution is -0.167. The first-order chi connectivity index (χ1) is 29.5. The van der Waals surface area contributed by atoms with E-state index in [4.69, 9.17) is 14.2 Å². The van der Waals surface area contributed by atoms with Gasteiger partial charge in [-0.3, -0.25) is 14.4 Å². The van der Waals surface area contributed by atoms with E-state index in [2.05, 4.69) is 69.4 Å². The molecule has 6 nitrogen and oxygen atoms in total. The van der Waals surface area contributed by atoms with Gasteiger partial charge >= 0.3 is 17.9 Å². The molecule has 348 valence electrons. The quantitative estimate of drug-likeness (QED) is 0.0263. The van der Waals surface area contributed by atoms with Gasteiger partial charge in [0.25, 0.3) is 0 Å². The Bertz CT molecular complexity index is 1060. The summed E-state index contributed by atoms with van der Waals surface area (Å²) in [5.41, 5.74) is 0. The van der Waals surface area contributed by atoms with Gasteiger partial charge in [-0.2, -0.15) is 0 Å². The van der Waals surface area contributed by atoms with Crippen molar-refractivity contribution in [2.75, 3.05) is 13.2 Å². The molecule has 0 heterocycles. The Labute approximate surface area is 371 Å². The molecule has 0 fully saturated rings. The highest BCUT2D eigenvalue weighted by Gasteiger charge is 2.19. The first-order valence-corrected chi connectivity index (χ1v) is 25.6. The van der Waals surface area contributed by atoms with Crippen molar-refractivity contribution in [1.82, 2.24) is 0 Å². The maximum atomic E-state index is 12.8. The molecule has 0 aromatic heterocycles. The first-order valence-electron chi connectivity index (χ1n) is 25.6. The molecule has 60 heavy (non-hydrogen) atoms. The zero-order valence-electron chi connectivity index (χ0n) is 39.7. The van der Waals surface area contributed by atoms with Gasteiger partial charge in [-0.15, -0.1) is 0 Å². The van der Waals surface area contributed by atoms with E-state index < -0.39 is 6.10 Å². The molecule has 0 N–H and O–H groups in total. The summed E-state index contributed by atoms with van der Waals surface area (Å²) in [5.74, 6) is -0.925. The summed E-state index contributed by atoms with van der Waals surface area (Å²) in [6.45, 7) is 6.39. The van der Waals surface area contributed by atoms with Crippen molar-refractivity contribution in [3.63, 3.8) is 0 Å². The number of carbonyl (C=O) groups excluding carboxylic acids is 3. The van der Waals surface area contributed by atoms with Crippen LogP contribution in [0.25, 0.3) is 0 Å². The lowest BCUT2D eigenvalue weighted by atomic mass is 10.0. The molecule has 0 aromatic rings. The monoisotopic (exact) mass is 841 g/mol. The molecule has 0 aliphatic heterocycles. The molecule has 0 amide bonds. The van der Waals surface area contributed by atoms with Gasteiger partial charge in [-0.25, -0.2) is 0 Å². The average Bonchev–Trinajstić information content (AvgIpc) is 3.24. The Hall–Kier alpha value is -2.63. The Balaban J connectivity index is 4.27. The second kappa shape index (κ2) is 49.0. The van der Waals surface area contributed by atoms with Gasteiger partial charge in [0.1, 0.15) is 13.2 Å². The maximum Gasteiger partial charge on any atom is 0.306 e. The fourth-order valence-electron chi connectivity index (χ4n) is 7.28. The zero-order chi connectivity index (χ0) is 43.7. The minimum Gasteiger partial charge on any atom is -0.462 e. The van der Waals surface area contributed by atoms with Crippen molar-refractivity contribution in [3.8, 4) is 0 Å². The summed E-state index contributed by atoms with van der Waals surface area (Å²) in [4.78, 5) is 37.8. The topological polar surface area (TPSA) is 78.9 Å². The van der Waals surface area contributed by atoms with Gasteiger partial charge < -0.3 is 14.2 Å². The normalized spacial score (nSPS) is 12.4. The standard InChI is InChI=1S/C54H96O6/c1-4-7-10-13-16-19-21-23-25-26-27-28-29-31-32-35-38-41-44-47-53(56)59-50-51(49-58-52(55)46-43-40-37-34-18-15-12-9-6-3)60-54(57)48-45-42-39-36-33-30-24-22-20-17-14-11-8-5-2/h8-9,11-12,17-18,20,34,51H,4-7,10,13-16,19,21-33,35-50H2,1-3H3/b11-8-,12-9-,20-17-,34-18-. The van der Waals surface area contributed by atoms with Crippen LogP contribution in [0.2, 0.25) is 0 Å². The third kappa shape index (κ3) is 46.4. The number of rotatable bonds is 46. The summed E-state index contributed by atoms with van der Waals surface area (Å²) in [6.07, 6.45) is 58.3. The molecular weight excluding hydrogens is 745 g/mol. The predicted octanol–water partition coefficient (Wildman–Crippen LogP) is 16.7. The summed E-state index contributed by atoms with van der Waals surface area (Å²) in [7, 11) is 0. The number of ether oxygens (including phenoxy) is 3. The maximum absolute atomic E-state index is 12.8. The minimum absolute atomic E-state index is 0.0844. The molecule has 0 saturated heterocycles. The van der Waals surface area contributed by atoms with Crippen LogP contribution >= 0.6 is 0 Å². The van der Waals surface area contributed by atoms with Crippen LogP contribution in [0.15, 0.2) is 48.6 Å². The summed E-state index contributed by atoms with van der Waals surface area (Å²) >= 11 is 0. The first kappa shape index (κ1) is 57.4. The number of allylic oxidation sites excluding steroid dienone is 8. The van der Waals surface area contributed by atoms with Crippen LogP contribution in [0.3, 0.4) is 0 Å². The van der Waals surface area contributed by atoms with Crippen LogP contribution in [0.5, 0.6) is 0 Å². The van der Waals surface area contributed by atoms with E-state index in [1.165, 1.54) is 128 Å². The fourth-order valence-corrected chi connectivity index (χ4v) is 7.28. The zero-order valence-corrected chi connectivity index (χ0v) is 39.7. The van der Waals surface area contributed by atoms with Crippen LogP contribution in [-0.4, -0.2) is 37.2 Å². The smallest absolute Gasteiger partial charge is 0.306 e. The number of hydrogen-bond acceptors (Lipinski definition) is 6. The lowest BCUT2D eigenvalue weighted by Gasteiger charge is -2.18. The predicted molar refractivity (Wildman–Crippen MR) is 256 cm³/mol. The van der Waals surface area contributed by atoms with E-state index in [1.807, 2.05) is 0 Å². The number of unbranched alkanes of at least 4 members (excludes halogenated alkanes) is 27. The molecule has 0 spiro atoms. The van der Waals surface area contributed by atoms with Crippen molar-refractivity contribution in [2.24, 2.45) is 0 Å². The van der Waals surface area contributed by atoms with E-state index in [9.17, 15) is 14.4 Å². The van der Waals surface area contributed by atoms with Crippen LogP contribution in [0, 0.1) is 0 Å². The summed E-state index contributed by atoms with van der Waals surface area (Å²) in [6, 6.07) is 0. The van der Waals surface area contributed by atoms with Crippen LogP contribution in [0.1, 0.15) is 258 Å². The number of carbonyl (C=O) groups is 3. The molecule has 0 radical (unpaired) electrons. The van der Waals surface area contributed by atoms with Gasteiger partial charge in [0, 0.05) is 19.3 Å². The van der Waals surface area contributed by atoms with Gasteiger partial charge in [0.15, 0.2) is 6.10 Å². The Morgan fingerprint density at radius 1 is 0.350 bits per heavy atom. The van der Waals surface area contributed by atoms with Crippen molar-refractivity contribution in [2.45, 2.75) is 264 Å². The Morgan fingerprint density at radius 2 is 0.650 bits per heavy atom. The number of hydrogen-bond donors (Lipinski definition) is 0. The molecule has 6 heteroatoms. The average molecular weight is 841 g/mol. The van der Waals surface area contributed by atoms with E-state index in [-0.39, 0.29) is 31.1 Å². The van der Waals surface area contributed by atoms with Gasteiger partial charge in [-0.05, 0) is 70.6 Å². The van der Waals surface area contributed by atoms with Crippen molar-refractivity contribution >= 4 is 17.9 Å². The minimum atomic E-state index is -0.786. The van der Waals surface area contributed by atoms with E-state index in [0.29, 0.717) is 19.3 Å². The largest absolute Gasteiger partial charge is 0.462 e. The highest BCUT2D eigenvalue weighted by Crippen LogP contribution is 2.16.